The minimum Gasteiger partial charge on any atom is -0.394 e. The molecule has 0 radical (unpaired) electrons. The number of hydrogen-bond donors (Lipinski definition) is 12. The molecular weight excluding hydrogens is 552 g/mol. The maximum Gasteiger partial charge on any atom is 0.187 e. The highest BCUT2D eigenvalue weighted by Crippen LogP contribution is 2.33. The zero-order valence-electron chi connectivity index (χ0n) is 21.5. The Kier molecular flexibility index (Phi) is 12.4. The van der Waals surface area contributed by atoms with Gasteiger partial charge in [-0.05, 0) is 6.92 Å². The molecule has 0 amide bonds. The molecule has 12 N–H and O–H groups in total. The normalized spacial score (nSPS) is 48.1. The lowest BCUT2D eigenvalue weighted by Gasteiger charge is -2.48. The summed E-state index contributed by atoms with van der Waals surface area (Å²) in [5.41, 5.74) is 0. The maximum atomic E-state index is 10.9. The summed E-state index contributed by atoms with van der Waals surface area (Å²) in [7, 11) is 0. The van der Waals surface area contributed by atoms with Crippen molar-refractivity contribution in [2.45, 2.75) is 111 Å². The molecule has 0 aromatic carbocycles. The van der Waals surface area contributed by atoms with E-state index < -0.39 is 131 Å². The molecule has 18 nitrogen and oxygen atoms in total. The Morgan fingerprint density at radius 3 is 1.70 bits per heavy atom. The van der Waals surface area contributed by atoms with E-state index in [1.807, 2.05) is 0 Å². The number of ether oxygens (including phenoxy) is 6. The van der Waals surface area contributed by atoms with E-state index in [0.29, 0.717) is 0 Å². The van der Waals surface area contributed by atoms with E-state index in [1.165, 1.54) is 6.92 Å². The quantitative estimate of drug-likeness (QED) is 0.106. The second kappa shape index (κ2) is 14.6. The first-order valence-electron chi connectivity index (χ1n) is 12.7. The van der Waals surface area contributed by atoms with Crippen LogP contribution >= 0.6 is 0 Å². The van der Waals surface area contributed by atoms with Crippen molar-refractivity contribution in [1.29, 1.82) is 0 Å². The van der Waals surface area contributed by atoms with E-state index >= 15 is 0 Å². The molecule has 18 heteroatoms. The molecule has 3 heterocycles. The lowest BCUT2D eigenvalue weighted by atomic mass is 9.96. The van der Waals surface area contributed by atoms with Gasteiger partial charge in [-0.25, -0.2) is 0 Å². The van der Waals surface area contributed by atoms with Gasteiger partial charge >= 0.3 is 0 Å². The Bertz CT molecular complexity index is 761. The van der Waals surface area contributed by atoms with Crippen molar-refractivity contribution in [2.24, 2.45) is 0 Å². The van der Waals surface area contributed by atoms with Crippen LogP contribution in [0, 0.1) is 0 Å². The fourth-order valence-electron chi connectivity index (χ4n) is 4.64. The van der Waals surface area contributed by atoms with Gasteiger partial charge in [0.25, 0.3) is 0 Å². The SMILES string of the molecule is C[C@@H]1O[C@@H](O[C@@H]2[C@@H](O)[C@H](O[C@@H]3[C@H](O)[C@@H](O)[C@@H](O[C@@H](CO)[C@H](O)CO)O[C@@H]3CO)O[C@H](CO)[C@H]2O)[C@H](O)[C@H](O)[C@H]1O. The summed E-state index contributed by atoms with van der Waals surface area (Å²) in [5.74, 6) is 0. The van der Waals surface area contributed by atoms with Gasteiger partial charge in [-0.1, -0.05) is 0 Å². The first-order valence-corrected chi connectivity index (χ1v) is 12.7. The standard InChI is InChI=1S/C22H40O18/c1-6-11(28)13(30)15(32)20(35-6)40-19-12(29)9(4-25)37-22(17(19)34)39-18-10(5-26)38-21(16(33)14(18)31)36-8(3-24)7(27)2-23/h6-34H,2-5H2,1H3/t6-,7+,8-,9+,10+,11-,12+,13+,14+,15+,16+,17+,18-,19-,20-,21-,22-/m0/s1. The number of rotatable bonds is 11. The van der Waals surface area contributed by atoms with Crippen LogP contribution in [0.4, 0.5) is 0 Å². The van der Waals surface area contributed by atoms with Gasteiger partial charge in [0.05, 0.1) is 32.5 Å². The van der Waals surface area contributed by atoms with Crippen LogP contribution in [-0.4, -0.2) is 192 Å². The van der Waals surface area contributed by atoms with Crippen molar-refractivity contribution in [3.63, 3.8) is 0 Å². The lowest BCUT2D eigenvalue weighted by Crippen LogP contribution is -2.66. The largest absolute Gasteiger partial charge is 0.394 e. The third-order valence-electron chi connectivity index (χ3n) is 7.14. The Hall–Kier alpha value is -0.720. The van der Waals surface area contributed by atoms with Gasteiger partial charge in [0.15, 0.2) is 18.9 Å². The fourth-order valence-corrected chi connectivity index (χ4v) is 4.64. The summed E-state index contributed by atoms with van der Waals surface area (Å²) in [4.78, 5) is 0. The van der Waals surface area contributed by atoms with Gasteiger partial charge in [-0.15, -0.1) is 0 Å². The molecule has 3 aliphatic rings. The smallest absolute Gasteiger partial charge is 0.187 e. The monoisotopic (exact) mass is 592 g/mol. The van der Waals surface area contributed by atoms with Crippen molar-refractivity contribution < 1.29 is 89.7 Å². The van der Waals surface area contributed by atoms with E-state index in [0.717, 1.165) is 0 Å². The number of hydrogen-bond acceptors (Lipinski definition) is 18. The summed E-state index contributed by atoms with van der Waals surface area (Å²) >= 11 is 0. The predicted molar refractivity (Wildman–Crippen MR) is 123 cm³/mol. The van der Waals surface area contributed by atoms with Gasteiger partial charge < -0.3 is 89.7 Å². The molecule has 0 aromatic heterocycles. The number of aliphatic hydroxyl groups is 12. The highest BCUT2D eigenvalue weighted by atomic mass is 16.8. The van der Waals surface area contributed by atoms with Gasteiger partial charge in [0.1, 0.15) is 79.4 Å². The van der Waals surface area contributed by atoms with Crippen molar-refractivity contribution in [2.75, 3.05) is 26.4 Å². The van der Waals surface area contributed by atoms with Crippen LogP contribution in [0.2, 0.25) is 0 Å². The third-order valence-corrected chi connectivity index (χ3v) is 7.14. The number of aliphatic hydroxyl groups excluding tert-OH is 12. The second-order valence-corrected chi connectivity index (χ2v) is 9.90. The van der Waals surface area contributed by atoms with Crippen LogP contribution in [-0.2, 0) is 28.4 Å². The Balaban J connectivity index is 1.75. The molecule has 0 saturated carbocycles. The van der Waals surface area contributed by atoms with Crippen LogP contribution < -0.4 is 0 Å². The Labute approximate surface area is 228 Å². The second-order valence-electron chi connectivity index (χ2n) is 9.90. The minimum absolute atomic E-state index is 0.795. The molecule has 3 rings (SSSR count). The zero-order valence-corrected chi connectivity index (χ0v) is 21.5. The first kappa shape index (κ1) is 33.8. The van der Waals surface area contributed by atoms with E-state index in [-0.39, 0.29) is 0 Å². The molecule has 3 saturated heterocycles. The van der Waals surface area contributed by atoms with Crippen molar-refractivity contribution in [3.05, 3.63) is 0 Å². The topological polar surface area (TPSA) is 298 Å². The van der Waals surface area contributed by atoms with E-state index in [2.05, 4.69) is 0 Å². The van der Waals surface area contributed by atoms with E-state index in [1.54, 1.807) is 0 Å². The van der Waals surface area contributed by atoms with E-state index in [4.69, 9.17) is 33.5 Å². The molecule has 3 aliphatic heterocycles. The molecule has 17 atom stereocenters. The van der Waals surface area contributed by atoms with Gasteiger partial charge in [0.2, 0.25) is 0 Å². The summed E-state index contributed by atoms with van der Waals surface area (Å²) in [5, 5.41) is 121. The average molecular weight is 593 g/mol. The first-order chi connectivity index (χ1) is 18.9. The van der Waals surface area contributed by atoms with Crippen molar-refractivity contribution >= 4 is 0 Å². The molecule has 40 heavy (non-hydrogen) atoms. The highest BCUT2D eigenvalue weighted by molar-refractivity contribution is 4.96. The Morgan fingerprint density at radius 2 is 1.12 bits per heavy atom. The summed E-state index contributed by atoms with van der Waals surface area (Å²) in [6, 6.07) is 0. The maximum absolute atomic E-state index is 10.9. The molecule has 0 aliphatic carbocycles. The van der Waals surface area contributed by atoms with Gasteiger partial charge in [-0.3, -0.25) is 0 Å². The highest BCUT2D eigenvalue weighted by Gasteiger charge is 2.53. The minimum atomic E-state index is -1.91. The van der Waals surface area contributed by atoms with Crippen LogP contribution in [0.1, 0.15) is 6.92 Å². The molecule has 0 bridgehead atoms. The molecular formula is C22H40O18. The van der Waals surface area contributed by atoms with Gasteiger partial charge in [0, 0.05) is 0 Å². The molecule has 3 fully saturated rings. The van der Waals surface area contributed by atoms with Crippen LogP contribution in [0.25, 0.3) is 0 Å². The van der Waals surface area contributed by atoms with Crippen molar-refractivity contribution in [1.82, 2.24) is 0 Å². The van der Waals surface area contributed by atoms with E-state index in [9.17, 15) is 56.2 Å². The third kappa shape index (κ3) is 7.08. The fraction of sp³-hybridized carbons (Fsp3) is 1.00. The summed E-state index contributed by atoms with van der Waals surface area (Å²) in [6.07, 6.45) is -27.8. The van der Waals surface area contributed by atoms with Gasteiger partial charge in [-0.2, -0.15) is 0 Å². The zero-order chi connectivity index (χ0) is 29.9. The van der Waals surface area contributed by atoms with Crippen LogP contribution in [0.3, 0.4) is 0 Å². The molecule has 236 valence electrons. The summed E-state index contributed by atoms with van der Waals surface area (Å²) < 4.78 is 32.5. The molecule has 0 unspecified atom stereocenters. The summed E-state index contributed by atoms with van der Waals surface area (Å²) in [6.45, 7) is -1.87. The van der Waals surface area contributed by atoms with Crippen LogP contribution in [0.5, 0.6) is 0 Å². The average Bonchev–Trinajstić information content (AvgIpc) is 2.95. The lowest BCUT2D eigenvalue weighted by molar-refractivity contribution is -0.382. The molecule has 0 aromatic rings. The molecule has 0 spiro atoms. The predicted octanol–water partition coefficient (Wildman–Crippen LogP) is -7.81. The Morgan fingerprint density at radius 1 is 0.575 bits per heavy atom. The van der Waals surface area contributed by atoms with Crippen molar-refractivity contribution in [3.8, 4) is 0 Å². The van der Waals surface area contributed by atoms with Crippen LogP contribution in [0.15, 0.2) is 0 Å².